The molecule has 0 bridgehead atoms. The van der Waals surface area contributed by atoms with Gasteiger partial charge in [0.1, 0.15) is 0 Å². The van der Waals surface area contributed by atoms with Crippen molar-refractivity contribution in [2.75, 3.05) is 18.0 Å². The Labute approximate surface area is 92.5 Å². The first kappa shape index (κ1) is 10.9. The fourth-order valence-corrected chi connectivity index (χ4v) is 1.94. The van der Waals surface area contributed by atoms with E-state index in [0.29, 0.717) is 25.3 Å². The van der Waals surface area contributed by atoms with Gasteiger partial charge in [-0.2, -0.15) is 0 Å². The molecular weight excluding hydrogens is 212 g/mol. The molecule has 88 valence electrons. The van der Waals surface area contributed by atoms with Gasteiger partial charge in [-0.15, -0.1) is 0 Å². The Morgan fingerprint density at radius 3 is 2.81 bits per heavy atom. The zero-order valence-corrected chi connectivity index (χ0v) is 9.25. The maximum atomic E-state index is 10.8. The van der Waals surface area contributed by atoms with E-state index in [2.05, 4.69) is 4.98 Å². The molecule has 7 heteroatoms. The minimum Gasteiger partial charge on any atom is -0.386 e. The van der Waals surface area contributed by atoms with Crippen LogP contribution < -0.4 is 4.90 Å². The second-order valence-corrected chi connectivity index (χ2v) is 4.19. The molecule has 0 amide bonds. The second kappa shape index (κ2) is 3.44. The monoisotopic (exact) mass is 226 g/mol. The van der Waals surface area contributed by atoms with Gasteiger partial charge >= 0.3 is 5.82 Å². The summed E-state index contributed by atoms with van der Waals surface area (Å²) in [6, 6.07) is 0. The lowest BCUT2D eigenvalue weighted by Gasteiger charge is -2.46. The third kappa shape index (κ3) is 1.53. The Morgan fingerprint density at radius 2 is 2.31 bits per heavy atom. The number of rotatable bonds is 3. The molecule has 0 radical (unpaired) electrons. The number of imidazole rings is 1. The van der Waals surface area contributed by atoms with Gasteiger partial charge in [-0.1, -0.05) is 6.92 Å². The van der Waals surface area contributed by atoms with Crippen molar-refractivity contribution in [3.05, 3.63) is 16.4 Å². The van der Waals surface area contributed by atoms with Gasteiger partial charge in [-0.3, -0.25) is 4.57 Å². The molecule has 0 aromatic carbocycles. The van der Waals surface area contributed by atoms with E-state index in [-0.39, 0.29) is 5.82 Å². The van der Waals surface area contributed by atoms with Gasteiger partial charge in [-0.25, -0.2) is 0 Å². The molecule has 0 atom stereocenters. The van der Waals surface area contributed by atoms with Crippen LogP contribution in [0.4, 0.5) is 11.6 Å². The van der Waals surface area contributed by atoms with Gasteiger partial charge < -0.3 is 20.1 Å². The lowest BCUT2D eigenvalue weighted by atomic mass is 9.91. The molecule has 2 rings (SSSR count). The number of nitro groups is 1. The molecule has 1 aromatic rings. The summed E-state index contributed by atoms with van der Waals surface area (Å²) in [7, 11) is 1.71. The predicted octanol–water partition coefficient (Wildman–Crippen LogP) is 0.289. The van der Waals surface area contributed by atoms with Crippen molar-refractivity contribution in [3.63, 3.8) is 0 Å². The SMILES string of the molecule is CCC1(O)CN(c2c([N+](=O)[O-])ncn2C)C1. The van der Waals surface area contributed by atoms with Crippen LogP contribution in [0.1, 0.15) is 13.3 Å². The minimum absolute atomic E-state index is 0.152. The van der Waals surface area contributed by atoms with E-state index in [9.17, 15) is 15.2 Å². The van der Waals surface area contributed by atoms with Gasteiger partial charge in [-0.05, 0) is 16.3 Å². The van der Waals surface area contributed by atoms with E-state index in [1.807, 2.05) is 6.92 Å². The average molecular weight is 226 g/mol. The van der Waals surface area contributed by atoms with E-state index in [1.165, 1.54) is 6.33 Å². The first-order valence-electron chi connectivity index (χ1n) is 5.10. The van der Waals surface area contributed by atoms with E-state index in [0.717, 1.165) is 0 Å². The third-order valence-corrected chi connectivity index (χ3v) is 2.99. The molecule has 1 aromatic heterocycles. The van der Waals surface area contributed by atoms with Crippen LogP contribution in [0.5, 0.6) is 0 Å². The fourth-order valence-electron chi connectivity index (χ4n) is 1.94. The van der Waals surface area contributed by atoms with Gasteiger partial charge in [0.15, 0.2) is 0 Å². The van der Waals surface area contributed by atoms with Crippen molar-refractivity contribution in [1.29, 1.82) is 0 Å². The number of nitrogens with zero attached hydrogens (tertiary/aromatic N) is 4. The van der Waals surface area contributed by atoms with Crippen LogP contribution in [0.15, 0.2) is 6.33 Å². The van der Waals surface area contributed by atoms with Gasteiger partial charge in [0, 0.05) is 7.05 Å². The van der Waals surface area contributed by atoms with Gasteiger partial charge in [0.25, 0.3) is 0 Å². The molecule has 0 spiro atoms. The average Bonchev–Trinajstić information content (AvgIpc) is 2.55. The summed E-state index contributed by atoms with van der Waals surface area (Å²) in [5.74, 6) is 0.309. The largest absolute Gasteiger partial charge is 0.406 e. The normalized spacial score (nSPS) is 18.3. The Balaban J connectivity index is 2.23. The number of anilines is 1. The third-order valence-electron chi connectivity index (χ3n) is 2.99. The predicted molar refractivity (Wildman–Crippen MR) is 57.3 cm³/mol. The topological polar surface area (TPSA) is 84.4 Å². The summed E-state index contributed by atoms with van der Waals surface area (Å²) in [5.41, 5.74) is -0.710. The van der Waals surface area contributed by atoms with E-state index < -0.39 is 10.5 Å². The van der Waals surface area contributed by atoms with Crippen molar-refractivity contribution >= 4 is 11.6 Å². The van der Waals surface area contributed by atoms with E-state index in [1.54, 1.807) is 16.5 Å². The minimum atomic E-state index is -0.710. The van der Waals surface area contributed by atoms with Crippen molar-refractivity contribution in [3.8, 4) is 0 Å². The molecule has 1 aliphatic rings. The lowest BCUT2D eigenvalue weighted by molar-refractivity contribution is -0.388. The highest BCUT2D eigenvalue weighted by Gasteiger charge is 2.43. The molecule has 1 fully saturated rings. The maximum Gasteiger partial charge on any atom is 0.406 e. The number of aryl methyl sites for hydroxylation is 1. The number of aromatic nitrogens is 2. The maximum absolute atomic E-state index is 10.8. The Morgan fingerprint density at radius 1 is 1.69 bits per heavy atom. The molecule has 1 saturated heterocycles. The van der Waals surface area contributed by atoms with Crippen molar-refractivity contribution < 1.29 is 10.0 Å². The first-order valence-corrected chi connectivity index (χ1v) is 5.10. The molecule has 2 heterocycles. The number of aliphatic hydroxyl groups is 1. The summed E-state index contributed by atoms with van der Waals surface area (Å²) in [5, 5.41) is 20.6. The number of hydrogen-bond donors (Lipinski definition) is 1. The van der Waals surface area contributed by atoms with Crippen molar-refractivity contribution in [2.24, 2.45) is 7.05 Å². The molecule has 1 aliphatic heterocycles. The van der Waals surface area contributed by atoms with Crippen LogP contribution >= 0.6 is 0 Å². The van der Waals surface area contributed by atoms with Crippen LogP contribution in [0.2, 0.25) is 0 Å². The van der Waals surface area contributed by atoms with Gasteiger partial charge in [0.05, 0.1) is 18.7 Å². The highest BCUT2D eigenvalue weighted by molar-refractivity contribution is 5.57. The van der Waals surface area contributed by atoms with Crippen LogP contribution in [0, 0.1) is 10.1 Å². The Hall–Kier alpha value is -1.63. The Kier molecular flexibility index (Phi) is 2.34. The second-order valence-electron chi connectivity index (χ2n) is 4.19. The molecule has 1 N–H and O–H groups in total. The highest BCUT2D eigenvalue weighted by Crippen LogP contribution is 2.34. The zero-order valence-electron chi connectivity index (χ0n) is 9.25. The quantitative estimate of drug-likeness (QED) is 0.591. The van der Waals surface area contributed by atoms with Crippen molar-refractivity contribution in [2.45, 2.75) is 18.9 Å². The summed E-state index contributed by atoms with van der Waals surface area (Å²) in [4.78, 5) is 15.8. The van der Waals surface area contributed by atoms with Crippen LogP contribution in [-0.4, -0.2) is 38.3 Å². The number of β-amino-alcohol motifs (C(OH)–C–C–N with tert-alkyl or cyclic N) is 1. The number of hydrogen-bond acceptors (Lipinski definition) is 5. The van der Waals surface area contributed by atoms with Crippen LogP contribution in [0.25, 0.3) is 0 Å². The fraction of sp³-hybridized carbons (Fsp3) is 0.667. The molecule has 16 heavy (non-hydrogen) atoms. The molecule has 7 nitrogen and oxygen atoms in total. The van der Waals surface area contributed by atoms with E-state index >= 15 is 0 Å². The highest BCUT2D eigenvalue weighted by atomic mass is 16.6. The summed E-state index contributed by atoms with van der Waals surface area (Å²) in [6.07, 6.45) is 2.06. The van der Waals surface area contributed by atoms with E-state index in [4.69, 9.17) is 0 Å². The molecule has 0 saturated carbocycles. The Bertz CT molecular complexity index is 422. The smallest absolute Gasteiger partial charge is 0.386 e. The van der Waals surface area contributed by atoms with Crippen LogP contribution in [-0.2, 0) is 7.05 Å². The standard InChI is InChI=1S/C9H14N4O3/c1-3-9(14)4-12(5-9)8-7(13(15)16)10-6-11(8)2/h6,14H,3-5H2,1-2H3. The van der Waals surface area contributed by atoms with Crippen molar-refractivity contribution in [1.82, 2.24) is 9.55 Å². The molecular formula is C9H14N4O3. The lowest BCUT2D eigenvalue weighted by Crippen LogP contribution is -2.62. The summed E-state index contributed by atoms with van der Waals surface area (Å²) < 4.78 is 1.60. The first-order chi connectivity index (χ1) is 7.47. The molecule has 0 aliphatic carbocycles. The van der Waals surface area contributed by atoms with Gasteiger partial charge in [0.2, 0.25) is 12.1 Å². The zero-order chi connectivity index (χ0) is 11.9. The molecule has 0 unspecified atom stereocenters. The van der Waals surface area contributed by atoms with Crippen LogP contribution in [0.3, 0.4) is 0 Å². The summed E-state index contributed by atoms with van der Waals surface area (Å²) in [6.45, 7) is 2.74. The summed E-state index contributed by atoms with van der Waals surface area (Å²) >= 11 is 0.